The Morgan fingerprint density at radius 2 is 1.93 bits per heavy atom. The van der Waals surface area contributed by atoms with E-state index in [2.05, 4.69) is 4.74 Å². The summed E-state index contributed by atoms with van der Waals surface area (Å²) in [4.78, 5) is 34.2. The fourth-order valence-electron chi connectivity index (χ4n) is 1.00. The van der Waals surface area contributed by atoms with Gasteiger partial charge in [-0.1, -0.05) is 0 Å². The predicted molar refractivity (Wildman–Crippen MR) is 55.2 cm³/mol. The first kappa shape index (κ1) is 11.2. The predicted octanol–water partition coefficient (Wildman–Crippen LogP) is 0.585. The van der Waals surface area contributed by atoms with Gasteiger partial charge in [0.25, 0.3) is 0 Å². The van der Waals surface area contributed by atoms with Crippen molar-refractivity contribution >= 4 is 40.4 Å². The molecule has 0 atom stereocenters. The molecule has 0 aliphatic carbocycles. The van der Waals surface area contributed by atoms with Crippen LogP contribution in [0, 0.1) is 0 Å². The van der Waals surface area contributed by atoms with Crippen LogP contribution in [0.25, 0.3) is 0 Å². The smallest absolute Gasteiger partial charge is 0.345 e. The van der Waals surface area contributed by atoms with Crippen LogP contribution in [0.5, 0.6) is 0 Å². The van der Waals surface area contributed by atoms with Gasteiger partial charge in [-0.15, -0.1) is 0 Å². The first-order valence-electron chi connectivity index (χ1n) is 3.86. The summed E-state index contributed by atoms with van der Waals surface area (Å²) in [5.74, 6) is -1.13. The second-order valence-corrected chi connectivity index (χ2v) is 3.79. The highest BCUT2D eigenvalue weighted by atomic mass is 127. The van der Waals surface area contributed by atoms with Gasteiger partial charge in [0, 0.05) is 19.0 Å². The number of esters is 1. The lowest BCUT2D eigenvalue weighted by Crippen LogP contribution is -2.23. The van der Waals surface area contributed by atoms with Crippen molar-refractivity contribution in [2.24, 2.45) is 0 Å². The molecule has 1 fully saturated rings. The topological polar surface area (TPSA) is 63.7 Å². The lowest BCUT2D eigenvalue weighted by Gasteiger charge is -2.07. The van der Waals surface area contributed by atoms with E-state index in [-0.39, 0.29) is 28.2 Å². The number of imide groups is 1. The highest BCUT2D eigenvalue weighted by Gasteiger charge is 2.28. The zero-order chi connectivity index (χ0) is 10.7. The zero-order valence-corrected chi connectivity index (χ0v) is 9.61. The Balaban J connectivity index is 2.80. The fourth-order valence-corrected chi connectivity index (χ4v) is 1.50. The number of nitrogens with zero attached hydrogens (tertiary/aromatic N) is 1. The summed E-state index contributed by atoms with van der Waals surface area (Å²) in [5.41, 5.74) is 0. The molecule has 1 aliphatic rings. The number of amides is 2. The van der Waals surface area contributed by atoms with Gasteiger partial charge in [0.2, 0.25) is 11.8 Å². The van der Waals surface area contributed by atoms with Crippen molar-refractivity contribution in [2.75, 3.05) is 7.11 Å². The number of halogens is 1. The second-order valence-electron chi connectivity index (χ2n) is 2.63. The van der Waals surface area contributed by atoms with E-state index in [0.29, 0.717) is 0 Å². The zero-order valence-electron chi connectivity index (χ0n) is 7.45. The number of ether oxygens (including phenoxy) is 1. The number of hydrogen-bond acceptors (Lipinski definition) is 4. The lowest BCUT2D eigenvalue weighted by atomic mass is 10.4. The van der Waals surface area contributed by atoms with Gasteiger partial charge >= 0.3 is 5.97 Å². The third kappa shape index (κ3) is 2.31. The van der Waals surface area contributed by atoms with E-state index in [4.69, 9.17) is 0 Å². The minimum absolute atomic E-state index is 0.203. The molecule has 0 aromatic heterocycles. The molecule has 14 heavy (non-hydrogen) atoms. The van der Waals surface area contributed by atoms with Crippen LogP contribution in [0.3, 0.4) is 0 Å². The molecule has 1 rings (SSSR count). The van der Waals surface area contributed by atoms with E-state index in [9.17, 15) is 14.4 Å². The first-order valence-corrected chi connectivity index (χ1v) is 4.94. The largest absolute Gasteiger partial charge is 0.465 e. The quantitative estimate of drug-likeness (QED) is 0.324. The summed E-state index contributed by atoms with van der Waals surface area (Å²) in [6, 6.07) is 0. The molecule has 0 radical (unpaired) electrons. The molecule has 0 unspecified atom stereocenters. The SMILES string of the molecule is COC(=O)/C(I)=C\N1C(=O)CCC1=O. The van der Waals surface area contributed by atoms with Gasteiger partial charge in [-0.3, -0.25) is 14.5 Å². The van der Waals surface area contributed by atoms with Gasteiger partial charge in [0.05, 0.1) is 7.11 Å². The van der Waals surface area contributed by atoms with Crippen molar-refractivity contribution in [2.45, 2.75) is 12.8 Å². The maximum atomic E-state index is 11.1. The minimum Gasteiger partial charge on any atom is -0.465 e. The highest BCUT2D eigenvalue weighted by molar-refractivity contribution is 14.1. The van der Waals surface area contributed by atoms with Crippen molar-refractivity contribution < 1.29 is 19.1 Å². The van der Waals surface area contributed by atoms with E-state index in [1.807, 2.05) is 0 Å². The van der Waals surface area contributed by atoms with Crippen molar-refractivity contribution in [1.82, 2.24) is 4.90 Å². The van der Waals surface area contributed by atoms with E-state index in [1.165, 1.54) is 13.3 Å². The number of methoxy groups -OCH3 is 1. The molecule has 2 amide bonds. The van der Waals surface area contributed by atoms with Gasteiger partial charge in [0.15, 0.2) is 0 Å². The summed E-state index contributed by atoms with van der Waals surface area (Å²) in [7, 11) is 1.24. The fraction of sp³-hybridized carbons (Fsp3) is 0.375. The minimum atomic E-state index is -0.557. The van der Waals surface area contributed by atoms with Crippen molar-refractivity contribution in [1.29, 1.82) is 0 Å². The molecule has 5 nitrogen and oxygen atoms in total. The van der Waals surface area contributed by atoms with Crippen LogP contribution in [0.15, 0.2) is 9.78 Å². The van der Waals surface area contributed by atoms with Crippen molar-refractivity contribution in [3.8, 4) is 0 Å². The maximum absolute atomic E-state index is 11.1. The van der Waals surface area contributed by atoms with Crippen LogP contribution in [-0.2, 0) is 19.1 Å². The number of rotatable bonds is 2. The summed E-state index contributed by atoms with van der Waals surface area (Å²) < 4.78 is 4.63. The van der Waals surface area contributed by atoms with Gasteiger partial charge in [-0.05, 0) is 22.6 Å². The normalized spacial score (nSPS) is 17.6. The molecule has 1 heterocycles. The highest BCUT2D eigenvalue weighted by Crippen LogP contribution is 2.16. The van der Waals surface area contributed by atoms with Crippen LogP contribution in [0.1, 0.15) is 12.8 Å². The van der Waals surface area contributed by atoms with Gasteiger partial charge in [-0.25, -0.2) is 4.79 Å². The molecule has 76 valence electrons. The Morgan fingerprint density at radius 1 is 1.43 bits per heavy atom. The van der Waals surface area contributed by atoms with Crippen LogP contribution < -0.4 is 0 Å². The van der Waals surface area contributed by atoms with E-state index < -0.39 is 5.97 Å². The molecule has 0 N–H and O–H groups in total. The summed E-state index contributed by atoms with van der Waals surface area (Å²) in [6.45, 7) is 0. The Hall–Kier alpha value is -0.920. The molecule has 0 aromatic carbocycles. The Kier molecular flexibility index (Phi) is 3.62. The van der Waals surface area contributed by atoms with Crippen molar-refractivity contribution in [3.63, 3.8) is 0 Å². The van der Waals surface area contributed by atoms with Gasteiger partial charge in [0.1, 0.15) is 3.58 Å². The van der Waals surface area contributed by atoms with E-state index in [0.717, 1.165) is 4.90 Å². The molecule has 1 saturated heterocycles. The number of carbonyl (C=O) groups is 3. The Bertz CT molecular complexity index is 307. The third-order valence-electron chi connectivity index (χ3n) is 1.71. The summed E-state index contributed by atoms with van der Waals surface area (Å²) in [5, 5.41) is 0. The molecule has 6 heteroatoms. The van der Waals surface area contributed by atoms with E-state index >= 15 is 0 Å². The Labute approximate surface area is 94.2 Å². The Morgan fingerprint density at radius 3 is 2.36 bits per heavy atom. The summed E-state index contributed by atoms with van der Waals surface area (Å²) >= 11 is 1.72. The molecule has 0 spiro atoms. The van der Waals surface area contributed by atoms with E-state index in [1.54, 1.807) is 22.6 Å². The first-order chi connectivity index (χ1) is 6.56. The maximum Gasteiger partial charge on any atom is 0.345 e. The molecule has 0 bridgehead atoms. The lowest BCUT2D eigenvalue weighted by molar-refractivity contribution is -0.135. The molecule has 0 saturated carbocycles. The summed E-state index contributed by atoms with van der Waals surface area (Å²) in [6.07, 6.45) is 1.63. The third-order valence-corrected chi connectivity index (χ3v) is 2.43. The van der Waals surface area contributed by atoms with Crippen LogP contribution >= 0.6 is 22.6 Å². The number of likely N-dealkylation sites (tertiary alicyclic amines) is 1. The molecular weight excluding hydrogens is 301 g/mol. The second kappa shape index (κ2) is 4.54. The van der Waals surface area contributed by atoms with Crippen LogP contribution in [-0.4, -0.2) is 29.8 Å². The van der Waals surface area contributed by atoms with Crippen molar-refractivity contribution in [3.05, 3.63) is 9.78 Å². The van der Waals surface area contributed by atoms with Crippen LogP contribution in [0.2, 0.25) is 0 Å². The van der Waals surface area contributed by atoms with Gasteiger partial charge < -0.3 is 4.74 Å². The van der Waals surface area contributed by atoms with Gasteiger partial charge in [-0.2, -0.15) is 0 Å². The molecule has 0 aromatic rings. The average Bonchev–Trinajstić information content (AvgIpc) is 2.48. The molecular formula is C8H8INO4. The number of carbonyl (C=O) groups excluding carboxylic acids is 3. The monoisotopic (exact) mass is 309 g/mol. The van der Waals surface area contributed by atoms with Crippen LogP contribution in [0.4, 0.5) is 0 Å². The average molecular weight is 309 g/mol. The number of hydrogen-bond donors (Lipinski definition) is 0. The molecule has 1 aliphatic heterocycles. The standard InChI is InChI=1S/C8H8INO4/c1-14-8(13)5(9)4-10-6(11)2-3-7(10)12/h4H,2-3H2,1H3/b5-4+.